The molecule has 2 unspecified atom stereocenters. The van der Waals surface area contributed by atoms with Crippen molar-refractivity contribution in [2.24, 2.45) is 5.92 Å². The molecule has 0 saturated carbocycles. The Labute approximate surface area is 111 Å². The van der Waals surface area contributed by atoms with Crippen LogP contribution >= 0.6 is 0 Å². The lowest BCUT2D eigenvalue weighted by Crippen LogP contribution is -2.31. The van der Waals surface area contributed by atoms with E-state index < -0.39 is 21.9 Å². The maximum absolute atomic E-state index is 13.7. The topological polar surface area (TPSA) is 83.6 Å². The Morgan fingerprint density at radius 2 is 2.21 bits per heavy atom. The number of nitrogen functional groups attached to an aromatic ring is 1. The van der Waals surface area contributed by atoms with Gasteiger partial charge in [0.2, 0.25) is 10.0 Å². The summed E-state index contributed by atoms with van der Waals surface area (Å²) in [5, 5.41) is 9.49. The molecule has 19 heavy (non-hydrogen) atoms. The van der Waals surface area contributed by atoms with Crippen LogP contribution in [0, 0.1) is 11.7 Å². The van der Waals surface area contributed by atoms with E-state index in [0.717, 1.165) is 6.07 Å². The van der Waals surface area contributed by atoms with Gasteiger partial charge in [0.15, 0.2) is 0 Å². The number of hydrogen-bond acceptors (Lipinski definition) is 4. The van der Waals surface area contributed by atoms with Crippen molar-refractivity contribution in [3.63, 3.8) is 0 Å². The SMILES string of the molecule is CC(O)C1CCN(S(=O)(=O)c2ccc(N)cc2F)C1. The number of aliphatic hydroxyl groups excluding tert-OH is 1. The monoisotopic (exact) mass is 288 g/mol. The van der Waals surface area contributed by atoms with Crippen LogP contribution in [0.1, 0.15) is 13.3 Å². The standard InChI is InChI=1S/C12H17FN2O3S/c1-8(16)9-4-5-15(7-9)19(17,18)12-3-2-10(14)6-11(12)13/h2-3,6,8-9,16H,4-5,7,14H2,1H3. The van der Waals surface area contributed by atoms with E-state index in [-0.39, 0.29) is 23.0 Å². The molecule has 2 rings (SSSR count). The molecule has 0 amide bonds. The first-order valence-electron chi connectivity index (χ1n) is 6.05. The van der Waals surface area contributed by atoms with Crippen LogP contribution < -0.4 is 5.73 Å². The highest BCUT2D eigenvalue weighted by Crippen LogP contribution is 2.28. The fraction of sp³-hybridized carbons (Fsp3) is 0.500. The summed E-state index contributed by atoms with van der Waals surface area (Å²) >= 11 is 0. The first-order valence-corrected chi connectivity index (χ1v) is 7.49. The number of sulfonamides is 1. The molecule has 1 aromatic carbocycles. The molecule has 0 radical (unpaired) electrons. The van der Waals surface area contributed by atoms with Crippen molar-refractivity contribution in [2.75, 3.05) is 18.8 Å². The van der Waals surface area contributed by atoms with Gasteiger partial charge in [-0.3, -0.25) is 0 Å². The molecular weight excluding hydrogens is 271 g/mol. The molecule has 1 aromatic rings. The smallest absolute Gasteiger partial charge is 0.245 e. The molecular formula is C12H17FN2O3S. The first-order chi connectivity index (χ1) is 8.82. The third-order valence-corrected chi connectivity index (χ3v) is 5.34. The molecule has 3 N–H and O–H groups in total. The minimum absolute atomic E-state index is 0.105. The van der Waals surface area contributed by atoms with E-state index >= 15 is 0 Å². The summed E-state index contributed by atoms with van der Waals surface area (Å²) in [5.41, 5.74) is 5.58. The quantitative estimate of drug-likeness (QED) is 0.806. The molecule has 0 aliphatic carbocycles. The molecule has 1 fully saturated rings. The van der Waals surface area contributed by atoms with Crippen molar-refractivity contribution < 1.29 is 17.9 Å². The summed E-state index contributed by atoms with van der Waals surface area (Å²) in [7, 11) is -3.86. The number of benzene rings is 1. The third-order valence-electron chi connectivity index (χ3n) is 3.44. The lowest BCUT2D eigenvalue weighted by atomic mass is 10.0. The Morgan fingerprint density at radius 3 is 2.74 bits per heavy atom. The largest absolute Gasteiger partial charge is 0.399 e. The van der Waals surface area contributed by atoms with Gasteiger partial charge in [-0.05, 0) is 37.5 Å². The van der Waals surface area contributed by atoms with Crippen LogP contribution in [0.3, 0.4) is 0 Å². The zero-order valence-electron chi connectivity index (χ0n) is 10.6. The third kappa shape index (κ3) is 2.72. The fourth-order valence-corrected chi connectivity index (χ4v) is 3.79. The molecule has 0 spiro atoms. The Hall–Kier alpha value is -1.18. The van der Waals surface area contributed by atoms with Gasteiger partial charge in [-0.15, -0.1) is 0 Å². The van der Waals surface area contributed by atoms with Gasteiger partial charge in [0.05, 0.1) is 6.10 Å². The van der Waals surface area contributed by atoms with E-state index in [1.54, 1.807) is 6.92 Å². The Balaban J connectivity index is 2.29. The molecule has 2 atom stereocenters. The van der Waals surface area contributed by atoms with Crippen LogP contribution in [0.2, 0.25) is 0 Å². The summed E-state index contributed by atoms with van der Waals surface area (Å²) < 4.78 is 39.5. The second kappa shape index (κ2) is 5.07. The van der Waals surface area contributed by atoms with Crippen LogP contribution in [0.5, 0.6) is 0 Å². The van der Waals surface area contributed by atoms with Crippen LogP contribution in [0.4, 0.5) is 10.1 Å². The van der Waals surface area contributed by atoms with Crippen LogP contribution in [0.25, 0.3) is 0 Å². The van der Waals surface area contributed by atoms with Crippen molar-refractivity contribution in [3.8, 4) is 0 Å². The lowest BCUT2D eigenvalue weighted by molar-refractivity contribution is 0.133. The molecule has 106 valence electrons. The van der Waals surface area contributed by atoms with Gasteiger partial charge in [0, 0.05) is 18.8 Å². The van der Waals surface area contributed by atoms with Crippen molar-refractivity contribution in [1.82, 2.24) is 4.31 Å². The summed E-state index contributed by atoms with van der Waals surface area (Å²) in [6.07, 6.45) is 0.00416. The molecule has 1 saturated heterocycles. The van der Waals surface area contributed by atoms with Crippen LogP contribution in [0.15, 0.2) is 23.1 Å². The lowest BCUT2D eigenvalue weighted by Gasteiger charge is -2.18. The highest BCUT2D eigenvalue weighted by atomic mass is 32.2. The average molecular weight is 288 g/mol. The van der Waals surface area contributed by atoms with Gasteiger partial charge in [0.25, 0.3) is 0 Å². The highest BCUT2D eigenvalue weighted by molar-refractivity contribution is 7.89. The fourth-order valence-electron chi connectivity index (χ4n) is 2.23. The Morgan fingerprint density at radius 1 is 1.53 bits per heavy atom. The second-order valence-electron chi connectivity index (χ2n) is 4.84. The average Bonchev–Trinajstić information content (AvgIpc) is 2.78. The number of anilines is 1. The predicted molar refractivity (Wildman–Crippen MR) is 69.4 cm³/mol. The number of rotatable bonds is 3. The van der Waals surface area contributed by atoms with Crippen molar-refractivity contribution in [2.45, 2.75) is 24.3 Å². The number of halogens is 1. The van der Waals surface area contributed by atoms with E-state index in [0.29, 0.717) is 13.0 Å². The summed E-state index contributed by atoms with van der Waals surface area (Å²) in [4.78, 5) is -0.368. The van der Waals surface area contributed by atoms with Crippen LogP contribution in [-0.4, -0.2) is 37.0 Å². The van der Waals surface area contributed by atoms with E-state index in [1.807, 2.05) is 0 Å². The molecule has 1 aliphatic heterocycles. The minimum atomic E-state index is -3.86. The van der Waals surface area contributed by atoms with Gasteiger partial charge in [-0.1, -0.05) is 0 Å². The zero-order chi connectivity index (χ0) is 14.2. The van der Waals surface area contributed by atoms with Gasteiger partial charge in [0.1, 0.15) is 10.7 Å². The summed E-state index contributed by atoms with van der Waals surface area (Å²) in [6.45, 7) is 2.14. The van der Waals surface area contributed by atoms with E-state index in [1.165, 1.54) is 16.4 Å². The van der Waals surface area contributed by atoms with Crippen molar-refractivity contribution in [1.29, 1.82) is 0 Å². The molecule has 0 aromatic heterocycles. The maximum atomic E-state index is 13.7. The molecule has 1 aliphatic rings. The van der Waals surface area contributed by atoms with Gasteiger partial charge >= 0.3 is 0 Å². The summed E-state index contributed by atoms with van der Waals surface area (Å²) in [5.74, 6) is -0.952. The van der Waals surface area contributed by atoms with Gasteiger partial charge in [-0.25, -0.2) is 12.8 Å². The van der Waals surface area contributed by atoms with E-state index in [9.17, 15) is 17.9 Å². The predicted octanol–water partition coefficient (Wildman–Crippen LogP) is 0.799. The van der Waals surface area contributed by atoms with Crippen LogP contribution in [-0.2, 0) is 10.0 Å². The number of hydrogen-bond donors (Lipinski definition) is 2. The number of nitrogens with two attached hydrogens (primary N) is 1. The highest BCUT2D eigenvalue weighted by Gasteiger charge is 2.35. The molecule has 1 heterocycles. The summed E-state index contributed by atoms with van der Waals surface area (Å²) in [6, 6.07) is 3.53. The number of nitrogens with zero attached hydrogens (tertiary/aromatic N) is 1. The van der Waals surface area contributed by atoms with E-state index in [4.69, 9.17) is 5.73 Å². The Kier molecular flexibility index (Phi) is 3.80. The minimum Gasteiger partial charge on any atom is -0.399 e. The van der Waals surface area contributed by atoms with Crippen molar-refractivity contribution in [3.05, 3.63) is 24.0 Å². The van der Waals surface area contributed by atoms with Gasteiger partial charge < -0.3 is 10.8 Å². The Bertz CT molecular complexity index is 574. The molecule has 7 heteroatoms. The van der Waals surface area contributed by atoms with E-state index in [2.05, 4.69) is 0 Å². The maximum Gasteiger partial charge on any atom is 0.245 e. The first kappa shape index (κ1) is 14.2. The molecule has 0 bridgehead atoms. The van der Waals surface area contributed by atoms with Gasteiger partial charge in [-0.2, -0.15) is 4.31 Å². The second-order valence-corrected chi connectivity index (χ2v) is 6.75. The molecule has 5 nitrogen and oxygen atoms in total. The van der Waals surface area contributed by atoms with Crippen molar-refractivity contribution >= 4 is 15.7 Å². The zero-order valence-corrected chi connectivity index (χ0v) is 11.4. The normalized spacial score (nSPS) is 22.6. The number of aliphatic hydroxyl groups is 1.